The molecule has 1 aromatic rings. The fourth-order valence-electron chi connectivity index (χ4n) is 2.25. The van der Waals surface area contributed by atoms with Crippen LogP contribution in [0.5, 0.6) is 0 Å². The first kappa shape index (κ1) is 14.5. The number of carbonyl (C=O) groups excluding carboxylic acids is 1. The molecule has 0 bridgehead atoms. The van der Waals surface area contributed by atoms with Crippen molar-refractivity contribution < 1.29 is 14.6 Å². The van der Waals surface area contributed by atoms with E-state index in [2.05, 4.69) is 21.2 Å². The Morgan fingerprint density at radius 2 is 2.16 bits per heavy atom. The maximum absolute atomic E-state index is 12.4. The van der Waals surface area contributed by atoms with E-state index in [1.54, 1.807) is 6.07 Å². The summed E-state index contributed by atoms with van der Waals surface area (Å²) >= 11 is 3.42. The Bertz CT molecular complexity index is 470. The van der Waals surface area contributed by atoms with Crippen LogP contribution in [0.1, 0.15) is 28.8 Å². The van der Waals surface area contributed by atoms with Crippen molar-refractivity contribution in [3.05, 3.63) is 33.8 Å². The number of carbonyl (C=O) groups is 1. The average molecular weight is 328 g/mol. The molecular formula is C14H18BrNO3. The van der Waals surface area contributed by atoms with Crippen molar-refractivity contribution >= 4 is 21.8 Å². The molecule has 2 rings (SSSR count). The average Bonchev–Trinajstić information content (AvgIpc) is 2.42. The van der Waals surface area contributed by atoms with E-state index >= 15 is 0 Å². The van der Waals surface area contributed by atoms with Gasteiger partial charge in [-0.15, -0.1) is 0 Å². The predicted molar refractivity (Wildman–Crippen MR) is 76.2 cm³/mol. The molecule has 1 saturated heterocycles. The van der Waals surface area contributed by atoms with E-state index in [4.69, 9.17) is 4.74 Å². The van der Waals surface area contributed by atoms with Crippen molar-refractivity contribution in [2.75, 3.05) is 19.8 Å². The van der Waals surface area contributed by atoms with Crippen LogP contribution in [0.3, 0.4) is 0 Å². The molecule has 1 heterocycles. The van der Waals surface area contributed by atoms with Gasteiger partial charge in [0.2, 0.25) is 0 Å². The van der Waals surface area contributed by atoms with Crippen LogP contribution in [0.2, 0.25) is 0 Å². The number of halogens is 1. The zero-order valence-electron chi connectivity index (χ0n) is 10.9. The van der Waals surface area contributed by atoms with Gasteiger partial charge in [0.15, 0.2) is 0 Å². The van der Waals surface area contributed by atoms with Crippen LogP contribution in [0.4, 0.5) is 0 Å². The second-order valence-corrected chi connectivity index (χ2v) is 5.77. The Hall–Kier alpha value is -0.910. The molecule has 1 aromatic carbocycles. The lowest BCUT2D eigenvalue weighted by atomic mass is 9.90. The van der Waals surface area contributed by atoms with Gasteiger partial charge in [-0.25, -0.2) is 0 Å². The summed E-state index contributed by atoms with van der Waals surface area (Å²) in [6.45, 7) is 2.97. The van der Waals surface area contributed by atoms with Gasteiger partial charge in [-0.1, -0.05) is 22.0 Å². The number of hydrogen-bond donors (Lipinski definition) is 2. The third-order valence-corrected chi connectivity index (χ3v) is 4.50. The minimum Gasteiger partial charge on any atom is -0.394 e. The van der Waals surface area contributed by atoms with Gasteiger partial charge in [0.05, 0.1) is 12.1 Å². The number of benzene rings is 1. The van der Waals surface area contributed by atoms with Gasteiger partial charge in [-0.05, 0) is 37.5 Å². The highest BCUT2D eigenvalue weighted by molar-refractivity contribution is 9.10. The van der Waals surface area contributed by atoms with E-state index in [-0.39, 0.29) is 12.5 Å². The Morgan fingerprint density at radius 3 is 2.79 bits per heavy atom. The lowest BCUT2D eigenvalue weighted by Gasteiger charge is -2.36. The van der Waals surface area contributed by atoms with Crippen molar-refractivity contribution in [1.29, 1.82) is 0 Å². The van der Waals surface area contributed by atoms with Gasteiger partial charge < -0.3 is 15.2 Å². The maximum atomic E-state index is 12.4. The van der Waals surface area contributed by atoms with Crippen molar-refractivity contribution in [3.8, 4) is 0 Å². The highest BCUT2D eigenvalue weighted by atomic mass is 79.9. The van der Waals surface area contributed by atoms with E-state index in [0.717, 1.165) is 10.0 Å². The fraction of sp³-hybridized carbons (Fsp3) is 0.500. The molecule has 1 fully saturated rings. The molecule has 2 N–H and O–H groups in total. The number of aliphatic hydroxyl groups is 1. The monoisotopic (exact) mass is 327 g/mol. The highest BCUT2D eigenvalue weighted by Gasteiger charge is 2.34. The van der Waals surface area contributed by atoms with Gasteiger partial charge in [0.1, 0.15) is 0 Å². The van der Waals surface area contributed by atoms with Crippen LogP contribution in [0, 0.1) is 6.92 Å². The summed E-state index contributed by atoms with van der Waals surface area (Å²) in [4.78, 5) is 12.4. The topological polar surface area (TPSA) is 58.6 Å². The summed E-state index contributed by atoms with van der Waals surface area (Å²) in [6, 6.07) is 5.53. The van der Waals surface area contributed by atoms with Crippen molar-refractivity contribution in [2.24, 2.45) is 0 Å². The smallest absolute Gasteiger partial charge is 0.252 e. The number of rotatable bonds is 3. The van der Waals surface area contributed by atoms with Gasteiger partial charge in [0, 0.05) is 23.2 Å². The Kier molecular flexibility index (Phi) is 4.60. The maximum Gasteiger partial charge on any atom is 0.252 e. The summed E-state index contributed by atoms with van der Waals surface area (Å²) in [6.07, 6.45) is 1.28. The molecule has 19 heavy (non-hydrogen) atoms. The third-order valence-electron chi connectivity index (χ3n) is 3.64. The molecule has 1 amide bonds. The normalized spacial score (nSPS) is 18.1. The van der Waals surface area contributed by atoms with Crippen molar-refractivity contribution in [2.45, 2.75) is 25.3 Å². The van der Waals surface area contributed by atoms with Crippen molar-refractivity contribution in [3.63, 3.8) is 0 Å². The lowest BCUT2D eigenvalue weighted by Crippen LogP contribution is -2.54. The molecule has 1 aliphatic rings. The zero-order valence-corrected chi connectivity index (χ0v) is 12.5. The van der Waals surface area contributed by atoms with E-state index in [1.807, 2.05) is 19.1 Å². The van der Waals surface area contributed by atoms with Gasteiger partial charge in [0.25, 0.3) is 5.91 Å². The molecule has 0 radical (unpaired) electrons. The van der Waals surface area contributed by atoms with E-state index in [0.29, 0.717) is 31.6 Å². The van der Waals surface area contributed by atoms with E-state index in [9.17, 15) is 9.90 Å². The Labute approximate surface area is 121 Å². The van der Waals surface area contributed by atoms with E-state index < -0.39 is 5.54 Å². The summed E-state index contributed by atoms with van der Waals surface area (Å²) in [5.74, 6) is -0.144. The minimum atomic E-state index is -0.551. The molecule has 104 valence electrons. The van der Waals surface area contributed by atoms with Crippen LogP contribution in [0.15, 0.2) is 22.7 Å². The second kappa shape index (κ2) is 6.03. The summed E-state index contributed by atoms with van der Waals surface area (Å²) < 4.78 is 6.19. The van der Waals surface area contributed by atoms with Crippen LogP contribution in [-0.4, -0.2) is 36.4 Å². The fourth-order valence-corrected chi connectivity index (χ4v) is 2.61. The van der Waals surface area contributed by atoms with Crippen LogP contribution >= 0.6 is 15.9 Å². The largest absolute Gasteiger partial charge is 0.394 e. The lowest BCUT2D eigenvalue weighted by molar-refractivity contribution is 0.0125. The first-order valence-electron chi connectivity index (χ1n) is 6.34. The van der Waals surface area contributed by atoms with Crippen LogP contribution < -0.4 is 5.32 Å². The van der Waals surface area contributed by atoms with Crippen molar-refractivity contribution in [1.82, 2.24) is 5.32 Å². The quantitative estimate of drug-likeness (QED) is 0.893. The number of ether oxygens (including phenoxy) is 1. The minimum absolute atomic E-state index is 0.0604. The van der Waals surface area contributed by atoms with Crippen LogP contribution in [-0.2, 0) is 4.74 Å². The summed E-state index contributed by atoms with van der Waals surface area (Å²) in [7, 11) is 0. The Balaban J connectivity index is 2.17. The number of amides is 1. The molecule has 0 unspecified atom stereocenters. The third kappa shape index (κ3) is 3.16. The number of nitrogens with one attached hydrogen (secondary N) is 1. The number of hydrogen-bond acceptors (Lipinski definition) is 3. The molecule has 1 aliphatic heterocycles. The first-order valence-corrected chi connectivity index (χ1v) is 7.13. The second-order valence-electron chi connectivity index (χ2n) is 4.92. The molecular weight excluding hydrogens is 310 g/mol. The molecule has 4 nitrogen and oxygen atoms in total. The molecule has 0 atom stereocenters. The SMILES string of the molecule is Cc1c(Br)cccc1C(=O)NC1(CO)CCOCC1. The van der Waals surface area contributed by atoms with E-state index in [1.165, 1.54) is 0 Å². The summed E-state index contributed by atoms with van der Waals surface area (Å²) in [5.41, 5.74) is 0.984. The summed E-state index contributed by atoms with van der Waals surface area (Å²) in [5, 5.41) is 12.6. The first-order chi connectivity index (χ1) is 9.08. The molecule has 0 aromatic heterocycles. The van der Waals surface area contributed by atoms with Gasteiger partial charge in [-0.3, -0.25) is 4.79 Å². The van der Waals surface area contributed by atoms with Gasteiger partial charge in [-0.2, -0.15) is 0 Å². The Morgan fingerprint density at radius 1 is 1.47 bits per heavy atom. The molecule has 0 saturated carbocycles. The molecule has 0 aliphatic carbocycles. The zero-order chi connectivity index (χ0) is 13.9. The van der Waals surface area contributed by atoms with Crippen LogP contribution in [0.25, 0.3) is 0 Å². The number of aliphatic hydroxyl groups excluding tert-OH is 1. The highest BCUT2D eigenvalue weighted by Crippen LogP contribution is 2.23. The molecule has 0 spiro atoms. The predicted octanol–water partition coefficient (Wildman–Crippen LogP) is 2.03. The standard InChI is InChI=1S/C14H18BrNO3/c1-10-11(3-2-4-12(10)15)13(18)16-14(9-17)5-7-19-8-6-14/h2-4,17H,5-9H2,1H3,(H,16,18). The molecule has 5 heteroatoms. The van der Waals surface area contributed by atoms with Gasteiger partial charge >= 0.3 is 0 Å².